The molecule has 1 aliphatic rings. The normalized spacial score (nSPS) is 26.7. The smallest absolute Gasteiger partial charge is 0.358 e. The van der Waals surface area contributed by atoms with E-state index in [9.17, 15) is 0 Å². The summed E-state index contributed by atoms with van der Waals surface area (Å²) in [6.07, 6.45) is 0. The molecule has 8 heteroatoms. The summed E-state index contributed by atoms with van der Waals surface area (Å²) in [5, 5.41) is 4.55. The van der Waals surface area contributed by atoms with Crippen molar-refractivity contribution < 1.29 is 16.5 Å². The predicted octanol–water partition coefficient (Wildman–Crippen LogP) is 8.34. The molecule has 0 amide bonds. The fraction of sp³-hybridized carbons (Fsp3) is 0.400. The molecule has 1 aliphatic heterocycles. The number of aryl methyl sites for hydroxylation is 4. The van der Waals surface area contributed by atoms with Crippen LogP contribution in [0.4, 0.5) is 0 Å². The first kappa shape index (κ1) is 36.9. The molecule has 5 rings (SSSR count). The van der Waals surface area contributed by atoms with Gasteiger partial charge in [-0.3, -0.25) is 0 Å². The number of hydrogen-bond acceptors (Lipinski definition) is 4. The fourth-order valence-corrected chi connectivity index (χ4v) is 32.8. The topological polar surface area (TPSA) is 36.9 Å². The van der Waals surface area contributed by atoms with Crippen LogP contribution in [0.3, 0.4) is 0 Å². The largest absolute Gasteiger partial charge is 0.408 e. The lowest BCUT2D eigenvalue weighted by atomic mass is 10.2. The third-order valence-electron chi connectivity index (χ3n) is 10.1. The molecule has 1 saturated heterocycles. The average molecular weight is 713 g/mol. The van der Waals surface area contributed by atoms with Gasteiger partial charge in [-0.15, -0.1) is 0 Å². The van der Waals surface area contributed by atoms with Crippen molar-refractivity contribution in [2.75, 3.05) is 0 Å². The summed E-state index contributed by atoms with van der Waals surface area (Å²) in [6, 6.07) is 35.6. The van der Waals surface area contributed by atoms with Crippen molar-refractivity contribution in [1.82, 2.24) is 0 Å². The second kappa shape index (κ2) is 14.1. The van der Waals surface area contributed by atoms with E-state index < -0.39 is 34.2 Å². The van der Waals surface area contributed by atoms with Crippen LogP contribution in [0.1, 0.15) is 77.6 Å². The number of benzene rings is 4. The quantitative estimate of drug-likeness (QED) is 0.172. The van der Waals surface area contributed by atoms with Crippen LogP contribution in [0.5, 0.6) is 0 Å². The van der Waals surface area contributed by atoms with Gasteiger partial charge >= 0.3 is 34.2 Å². The van der Waals surface area contributed by atoms with E-state index in [1.54, 1.807) is 0 Å². The van der Waals surface area contributed by atoms with Gasteiger partial charge < -0.3 is 16.5 Å². The molecule has 0 atom stereocenters. The highest BCUT2D eigenvalue weighted by molar-refractivity contribution is 7.07. The molecule has 1 fully saturated rings. The van der Waals surface area contributed by atoms with E-state index in [1.165, 1.54) is 22.3 Å². The van der Waals surface area contributed by atoms with Crippen LogP contribution >= 0.6 is 0 Å². The molecule has 0 unspecified atom stereocenters. The molecule has 0 bridgehead atoms. The summed E-state index contributed by atoms with van der Waals surface area (Å²) < 4.78 is 32.7. The van der Waals surface area contributed by atoms with Crippen molar-refractivity contribution in [3.8, 4) is 0 Å². The minimum absolute atomic E-state index is 0.0761. The summed E-state index contributed by atoms with van der Waals surface area (Å²) in [7, 11) is -13.4. The number of rotatable bonds is 8. The lowest BCUT2D eigenvalue weighted by Crippen LogP contribution is -2.82. The van der Waals surface area contributed by atoms with Crippen LogP contribution in [0.25, 0.3) is 0 Å². The molecule has 4 aromatic carbocycles. The third kappa shape index (κ3) is 6.58. The van der Waals surface area contributed by atoms with Gasteiger partial charge in [0.15, 0.2) is 0 Å². The average Bonchev–Trinajstić information content (AvgIpc) is 3.03. The SMILES string of the molecule is Cc1ccc([Si]2(C(C)C)O[Si](c3ccc(C)cc3)(C(C)C)O[Si](c3ccc(C)cc3)(C(C)C)O[Si](c3ccc(C)cc3)(C(C)C)O2)cc1. The zero-order valence-corrected chi connectivity index (χ0v) is 35.2. The van der Waals surface area contributed by atoms with Gasteiger partial charge in [-0.05, 0) is 70.6 Å². The Hall–Kier alpha value is -2.41. The van der Waals surface area contributed by atoms with Crippen LogP contribution in [0, 0.1) is 27.7 Å². The summed E-state index contributed by atoms with van der Waals surface area (Å²) in [4.78, 5) is 0. The van der Waals surface area contributed by atoms with Crippen molar-refractivity contribution in [3.63, 3.8) is 0 Å². The highest BCUT2D eigenvalue weighted by Crippen LogP contribution is 2.45. The Balaban J connectivity index is 1.96. The van der Waals surface area contributed by atoms with Crippen molar-refractivity contribution in [1.29, 1.82) is 0 Å². The Morgan fingerprint density at radius 2 is 0.438 bits per heavy atom. The van der Waals surface area contributed by atoms with E-state index in [-0.39, 0.29) is 22.2 Å². The first-order valence-corrected chi connectivity index (χ1v) is 25.3. The Labute approximate surface area is 294 Å². The summed E-state index contributed by atoms with van der Waals surface area (Å²) in [5.41, 5.74) is 5.17. The summed E-state index contributed by atoms with van der Waals surface area (Å²) in [5.74, 6) is 0. The van der Waals surface area contributed by atoms with E-state index in [4.69, 9.17) is 16.5 Å². The van der Waals surface area contributed by atoms with Crippen molar-refractivity contribution in [3.05, 3.63) is 119 Å². The minimum atomic E-state index is -3.34. The van der Waals surface area contributed by atoms with Crippen LogP contribution in [0.2, 0.25) is 22.2 Å². The van der Waals surface area contributed by atoms with E-state index in [2.05, 4.69) is 180 Å². The number of hydrogen-bond donors (Lipinski definition) is 0. The monoisotopic (exact) mass is 712 g/mol. The first-order valence-electron chi connectivity index (χ1n) is 17.7. The zero-order valence-electron chi connectivity index (χ0n) is 31.2. The van der Waals surface area contributed by atoms with Gasteiger partial charge in [0.2, 0.25) is 0 Å². The fourth-order valence-electron chi connectivity index (χ4n) is 6.88. The van der Waals surface area contributed by atoms with Gasteiger partial charge in [0.05, 0.1) is 0 Å². The molecular weight excluding hydrogens is 657 g/mol. The highest BCUT2D eigenvalue weighted by Gasteiger charge is 2.68. The van der Waals surface area contributed by atoms with Gasteiger partial charge in [0, 0.05) is 0 Å². The molecule has 48 heavy (non-hydrogen) atoms. The molecule has 0 aromatic heterocycles. The van der Waals surface area contributed by atoms with Crippen molar-refractivity contribution in [2.45, 2.75) is 105 Å². The standard InChI is InChI=1S/C40H56O4Si4/c1-29(2)45(37-21-13-33(9)14-22-37)41-46(30(3)4,38-23-15-34(10)16-24-38)43-48(32(7)8,40-27-19-36(12)20-28-40)44-47(42-45,31(5)6)39-25-17-35(11)18-26-39/h13-32H,1-12H3. The van der Waals surface area contributed by atoms with Crippen LogP contribution in [-0.4, -0.2) is 34.2 Å². The molecular formula is C40H56O4Si4. The molecule has 0 saturated carbocycles. The third-order valence-corrected chi connectivity index (χ3v) is 30.4. The van der Waals surface area contributed by atoms with Crippen molar-refractivity contribution >= 4 is 55.0 Å². The minimum Gasteiger partial charge on any atom is -0.408 e. The molecule has 1 heterocycles. The van der Waals surface area contributed by atoms with Gasteiger partial charge in [0.1, 0.15) is 0 Å². The zero-order chi connectivity index (χ0) is 35.1. The lowest BCUT2D eigenvalue weighted by molar-refractivity contribution is 0.220. The summed E-state index contributed by atoms with van der Waals surface area (Å²) in [6.45, 7) is 26.8. The molecule has 0 aliphatic carbocycles. The van der Waals surface area contributed by atoms with E-state index in [1.807, 2.05) is 0 Å². The lowest BCUT2D eigenvalue weighted by Gasteiger charge is -2.57. The maximum absolute atomic E-state index is 8.17. The van der Waals surface area contributed by atoms with Crippen LogP contribution in [0.15, 0.2) is 97.1 Å². The van der Waals surface area contributed by atoms with E-state index in [0.717, 1.165) is 20.7 Å². The van der Waals surface area contributed by atoms with Gasteiger partial charge in [-0.1, -0.05) is 175 Å². The molecule has 4 nitrogen and oxygen atoms in total. The van der Waals surface area contributed by atoms with Gasteiger partial charge in [0.25, 0.3) is 0 Å². The Bertz CT molecular complexity index is 1400. The second-order valence-corrected chi connectivity index (χ2v) is 30.7. The van der Waals surface area contributed by atoms with E-state index >= 15 is 0 Å². The maximum Gasteiger partial charge on any atom is 0.358 e. The van der Waals surface area contributed by atoms with Gasteiger partial charge in [-0.2, -0.15) is 0 Å². The van der Waals surface area contributed by atoms with Crippen molar-refractivity contribution in [2.24, 2.45) is 0 Å². The van der Waals surface area contributed by atoms with E-state index in [0.29, 0.717) is 0 Å². The first-order chi connectivity index (χ1) is 22.6. The second-order valence-electron chi connectivity index (χ2n) is 15.2. The van der Waals surface area contributed by atoms with Crippen LogP contribution in [-0.2, 0) is 16.5 Å². The highest BCUT2D eigenvalue weighted by atomic mass is 28.5. The molecule has 0 spiro atoms. The Morgan fingerprint density at radius 3 is 0.562 bits per heavy atom. The Morgan fingerprint density at radius 1 is 0.292 bits per heavy atom. The molecule has 0 N–H and O–H groups in total. The maximum atomic E-state index is 8.17. The Kier molecular flexibility index (Phi) is 10.8. The van der Waals surface area contributed by atoms with Gasteiger partial charge in [-0.25, -0.2) is 0 Å². The molecule has 0 radical (unpaired) electrons. The summed E-state index contributed by atoms with van der Waals surface area (Å²) >= 11 is 0. The van der Waals surface area contributed by atoms with Crippen LogP contribution < -0.4 is 20.7 Å². The molecule has 4 aromatic rings. The molecule has 256 valence electrons. The predicted molar refractivity (Wildman–Crippen MR) is 211 cm³/mol.